The summed E-state index contributed by atoms with van der Waals surface area (Å²) in [5.41, 5.74) is 6.73. The number of rotatable bonds is 13. The number of carbonyl (C=O) groups is 4. The molecule has 0 saturated heterocycles. The van der Waals surface area contributed by atoms with Crippen LogP contribution < -0.4 is 10.6 Å². The van der Waals surface area contributed by atoms with E-state index in [0.717, 1.165) is 33.3 Å². The Morgan fingerprint density at radius 1 is 0.698 bits per heavy atom. The lowest BCUT2D eigenvalue weighted by atomic mass is 10.1. The summed E-state index contributed by atoms with van der Waals surface area (Å²) < 4.78 is 9.27. The van der Waals surface area contributed by atoms with Crippen LogP contribution in [0, 0.1) is 0 Å². The molecule has 2 amide bonds. The van der Waals surface area contributed by atoms with Gasteiger partial charge in [-0.3, -0.25) is 9.59 Å². The molecule has 1 atom stereocenters. The number of halogens is 1. The van der Waals surface area contributed by atoms with E-state index >= 15 is 0 Å². The number of amides is 2. The molecule has 8 rings (SSSR count). The van der Waals surface area contributed by atoms with Gasteiger partial charge in [-0.25, -0.2) is 19.6 Å². The van der Waals surface area contributed by atoms with Crippen LogP contribution in [-0.2, 0) is 19.6 Å². The minimum absolute atomic E-state index is 0.204. The first kappa shape index (κ1) is 44.8. The third-order valence-corrected chi connectivity index (χ3v) is 9.99. The number of benzene rings is 5. The smallest absolute Gasteiger partial charge is 0.335 e. The maximum absolute atomic E-state index is 12.9. The molecule has 320 valence electrons. The Labute approximate surface area is 368 Å². The van der Waals surface area contributed by atoms with Gasteiger partial charge >= 0.3 is 11.9 Å². The molecule has 14 heteroatoms. The summed E-state index contributed by atoms with van der Waals surface area (Å²) >= 11 is 5.98. The van der Waals surface area contributed by atoms with Crippen molar-refractivity contribution in [3.8, 4) is 11.5 Å². The number of fused-ring (bicyclic) bond motifs is 1. The molecule has 0 radical (unpaired) electrons. The number of carboxylic acids is 2. The van der Waals surface area contributed by atoms with Crippen molar-refractivity contribution in [2.75, 3.05) is 0 Å². The molecule has 5 aromatic carbocycles. The lowest BCUT2D eigenvalue weighted by Crippen LogP contribution is -2.28. The molecule has 0 aliphatic heterocycles. The summed E-state index contributed by atoms with van der Waals surface area (Å²) in [6.07, 6.45) is 3.41. The highest BCUT2D eigenvalue weighted by molar-refractivity contribution is 6.30. The number of hydrogen-bond donors (Lipinski definition) is 4. The fourth-order valence-electron chi connectivity index (χ4n) is 6.50. The van der Waals surface area contributed by atoms with Crippen LogP contribution in [0.2, 0.25) is 5.02 Å². The number of aromatic nitrogens is 4. The van der Waals surface area contributed by atoms with Crippen molar-refractivity contribution in [1.82, 2.24) is 29.7 Å². The lowest BCUT2D eigenvalue weighted by Gasteiger charge is -2.15. The Morgan fingerprint density at radius 3 is 1.98 bits per heavy atom. The van der Waals surface area contributed by atoms with Crippen molar-refractivity contribution < 1.29 is 33.8 Å². The van der Waals surface area contributed by atoms with E-state index in [9.17, 15) is 19.2 Å². The van der Waals surface area contributed by atoms with Gasteiger partial charge in [0.2, 0.25) is 5.89 Å². The molecule has 0 bridgehead atoms. The number of carbonyl (C=O) groups excluding carboxylic acids is 2. The van der Waals surface area contributed by atoms with Crippen LogP contribution in [0.1, 0.15) is 91.0 Å². The zero-order valence-electron chi connectivity index (χ0n) is 34.7. The van der Waals surface area contributed by atoms with Crippen LogP contribution in [0.4, 0.5) is 0 Å². The normalized spacial score (nSPS) is 11.0. The van der Waals surface area contributed by atoms with Crippen molar-refractivity contribution in [1.29, 1.82) is 0 Å². The Bertz CT molecular complexity index is 2800. The molecule has 13 nitrogen and oxygen atoms in total. The Balaban J connectivity index is 0.000000202. The van der Waals surface area contributed by atoms with E-state index in [1.165, 1.54) is 24.3 Å². The summed E-state index contributed by atoms with van der Waals surface area (Å²) in [4.78, 5) is 56.8. The first-order chi connectivity index (χ1) is 30.5. The van der Waals surface area contributed by atoms with E-state index in [4.69, 9.17) is 26.2 Å². The van der Waals surface area contributed by atoms with E-state index in [2.05, 4.69) is 20.6 Å². The number of nitrogens with zero attached hydrogens (tertiary/aromatic N) is 4. The maximum atomic E-state index is 12.9. The molecular formula is C49H45ClN6O7. The second-order valence-corrected chi connectivity index (χ2v) is 14.4. The number of para-hydroxylation sites is 2. The SMILES string of the molecule is CC.C[C@H](NC(=O)c1cccn1Cc1coc(-c2ccccc2)n1)c1ccc(C(=O)O)cc1.O=C(O)c1ccc(CNC(=O)c2nc3ccccc3n2Cc2ccc(Cl)cc2)cc1. The molecule has 0 unspecified atom stereocenters. The number of hydrogen-bond acceptors (Lipinski definition) is 7. The molecule has 0 spiro atoms. The van der Waals surface area contributed by atoms with Crippen LogP contribution in [0.25, 0.3) is 22.5 Å². The fourth-order valence-corrected chi connectivity index (χ4v) is 6.63. The van der Waals surface area contributed by atoms with Gasteiger partial charge in [-0.1, -0.05) is 92.2 Å². The first-order valence-electron chi connectivity index (χ1n) is 20.1. The van der Waals surface area contributed by atoms with E-state index in [0.29, 0.717) is 41.2 Å². The zero-order chi connectivity index (χ0) is 44.9. The third-order valence-electron chi connectivity index (χ3n) is 9.74. The summed E-state index contributed by atoms with van der Waals surface area (Å²) in [7, 11) is 0. The van der Waals surface area contributed by atoms with E-state index in [1.54, 1.807) is 42.7 Å². The Hall–Kier alpha value is -7.77. The topological polar surface area (TPSA) is 182 Å². The number of aromatic carboxylic acids is 2. The van der Waals surface area contributed by atoms with Gasteiger partial charge < -0.3 is 34.4 Å². The van der Waals surface area contributed by atoms with Crippen LogP contribution in [0.5, 0.6) is 0 Å². The number of nitrogens with one attached hydrogen (secondary N) is 2. The van der Waals surface area contributed by atoms with Gasteiger partial charge in [-0.15, -0.1) is 0 Å². The average Bonchev–Trinajstić information content (AvgIpc) is 4.07. The Kier molecular flexibility index (Phi) is 15.0. The van der Waals surface area contributed by atoms with Gasteiger partial charge in [-0.05, 0) is 96.4 Å². The minimum atomic E-state index is -0.985. The molecule has 63 heavy (non-hydrogen) atoms. The predicted octanol–water partition coefficient (Wildman–Crippen LogP) is 9.77. The van der Waals surface area contributed by atoms with Gasteiger partial charge in [0, 0.05) is 29.9 Å². The molecule has 3 aromatic heterocycles. The summed E-state index contributed by atoms with van der Waals surface area (Å²) in [5.74, 6) is -1.65. The third kappa shape index (κ3) is 11.5. The highest BCUT2D eigenvalue weighted by Crippen LogP contribution is 2.21. The molecule has 0 saturated carbocycles. The molecule has 3 heterocycles. The standard InChI is InChI=1S/C24H21N3O4.C23H18ClN3O3.C2H6/c1-16(17-9-11-19(12-10-17)24(29)30)25-22(28)21-8-5-13-27(21)14-20-15-31-23(26-20)18-6-3-2-4-7-18;24-18-11-7-16(8-12-18)14-27-20-4-2-1-3-19(20)26-21(27)22(28)25-13-15-5-9-17(10-6-15)23(29)30;1-2/h2-13,15-16H,14H2,1H3,(H,25,28)(H,29,30);1-12H,13-14H2,(H,25,28)(H,29,30);1-2H3/t16-;;/m0../s1. The number of carboxylic acid groups (broad SMARTS) is 2. The summed E-state index contributed by atoms with van der Waals surface area (Å²) in [6.45, 7) is 7.00. The lowest BCUT2D eigenvalue weighted by molar-refractivity contribution is 0.0686. The monoisotopic (exact) mass is 864 g/mol. The molecule has 0 fully saturated rings. The largest absolute Gasteiger partial charge is 0.478 e. The van der Waals surface area contributed by atoms with Crippen molar-refractivity contribution in [2.45, 2.75) is 46.4 Å². The average molecular weight is 865 g/mol. The highest BCUT2D eigenvalue weighted by atomic mass is 35.5. The summed E-state index contributed by atoms with van der Waals surface area (Å²) in [6, 6.07) is 40.8. The van der Waals surface area contributed by atoms with Crippen LogP contribution in [0.3, 0.4) is 0 Å². The van der Waals surface area contributed by atoms with E-state index in [1.807, 2.05) is 115 Å². The van der Waals surface area contributed by atoms with Gasteiger partial charge in [0.05, 0.1) is 40.4 Å². The van der Waals surface area contributed by atoms with Gasteiger partial charge in [0.15, 0.2) is 5.82 Å². The summed E-state index contributed by atoms with van der Waals surface area (Å²) in [5, 5.41) is 24.5. The van der Waals surface area contributed by atoms with Crippen LogP contribution >= 0.6 is 11.6 Å². The van der Waals surface area contributed by atoms with E-state index in [-0.39, 0.29) is 35.5 Å². The second kappa shape index (κ2) is 21.2. The van der Waals surface area contributed by atoms with Crippen molar-refractivity contribution in [3.63, 3.8) is 0 Å². The Morgan fingerprint density at radius 2 is 1.32 bits per heavy atom. The predicted molar refractivity (Wildman–Crippen MR) is 241 cm³/mol. The fraction of sp³-hybridized carbons (Fsp3) is 0.143. The first-order valence-corrected chi connectivity index (χ1v) is 20.5. The molecular weight excluding hydrogens is 820 g/mol. The molecule has 0 aliphatic carbocycles. The minimum Gasteiger partial charge on any atom is -0.478 e. The van der Waals surface area contributed by atoms with Crippen molar-refractivity contribution in [3.05, 3.63) is 202 Å². The maximum Gasteiger partial charge on any atom is 0.335 e. The van der Waals surface area contributed by atoms with Gasteiger partial charge in [0.25, 0.3) is 11.8 Å². The van der Waals surface area contributed by atoms with E-state index < -0.39 is 11.9 Å². The van der Waals surface area contributed by atoms with Crippen molar-refractivity contribution >= 4 is 46.4 Å². The second-order valence-electron chi connectivity index (χ2n) is 14.0. The van der Waals surface area contributed by atoms with Crippen LogP contribution in [-0.4, -0.2) is 53.1 Å². The van der Waals surface area contributed by atoms with Crippen molar-refractivity contribution in [2.24, 2.45) is 0 Å². The van der Waals surface area contributed by atoms with Crippen LogP contribution in [0.15, 0.2) is 156 Å². The molecule has 0 aliphatic rings. The molecule has 4 N–H and O–H groups in total. The van der Waals surface area contributed by atoms with Gasteiger partial charge in [-0.2, -0.15) is 0 Å². The highest BCUT2D eigenvalue weighted by Gasteiger charge is 2.19. The van der Waals surface area contributed by atoms with Gasteiger partial charge in [0.1, 0.15) is 12.0 Å². The number of oxazole rings is 1. The zero-order valence-corrected chi connectivity index (χ0v) is 35.5. The number of imidazole rings is 1. The molecule has 8 aromatic rings. The quantitative estimate of drug-likeness (QED) is 0.0877.